The van der Waals surface area contributed by atoms with Crippen LogP contribution in [0.15, 0.2) is 83.7 Å². The van der Waals surface area contributed by atoms with E-state index >= 15 is 0 Å². The maximum Gasteiger partial charge on any atom is 0.326 e. The summed E-state index contributed by atoms with van der Waals surface area (Å²) in [6.07, 6.45) is 0. The number of carbonyl (C=O) groups is 1. The molecule has 0 aliphatic carbocycles. The summed E-state index contributed by atoms with van der Waals surface area (Å²) >= 11 is 0. The number of amides is 1. The van der Waals surface area contributed by atoms with Gasteiger partial charge in [-0.15, -0.1) is 0 Å². The Labute approximate surface area is 180 Å². The summed E-state index contributed by atoms with van der Waals surface area (Å²) in [6, 6.07) is 26.2. The summed E-state index contributed by atoms with van der Waals surface area (Å²) in [5.74, 6) is -0.0251. The third-order valence-corrected chi connectivity index (χ3v) is 5.94. The minimum atomic E-state index is -0.245. The number of hydrogen-bond donors (Lipinski definition) is 1. The first-order valence-electron chi connectivity index (χ1n) is 10.6. The lowest BCUT2D eigenvalue weighted by Crippen LogP contribution is -2.50. The monoisotopic (exact) mass is 412 g/mol. The molecule has 4 aromatic rings. The van der Waals surface area contributed by atoms with Gasteiger partial charge in [0.15, 0.2) is 0 Å². The average molecular weight is 412 g/mol. The van der Waals surface area contributed by atoms with Crippen molar-refractivity contribution in [1.29, 1.82) is 0 Å². The molecule has 1 aliphatic rings. The van der Waals surface area contributed by atoms with Crippen molar-refractivity contribution in [3.63, 3.8) is 0 Å². The number of benzene rings is 3. The Morgan fingerprint density at radius 2 is 1.48 bits per heavy atom. The number of nitrogens with zero attached hydrogens (tertiary/aromatic N) is 3. The number of anilines is 1. The normalized spacial score (nSPS) is 14.2. The third-order valence-electron chi connectivity index (χ3n) is 5.94. The van der Waals surface area contributed by atoms with E-state index in [4.69, 9.17) is 0 Å². The number of carbonyl (C=O) groups excluding carboxylic acids is 1. The molecule has 0 spiro atoms. The number of rotatable bonds is 4. The molecule has 1 aliphatic heterocycles. The lowest BCUT2D eigenvalue weighted by atomic mass is 10.0. The first-order chi connectivity index (χ1) is 15.2. The first-order valence-corrected chi connectivity index (χ1v) is 10.6. The van der Waals surface area contributed by atoms with Gasteiger partial charge in [-0.25, -0.2) is 4.79 Å². The van der Waals surface area contributed by atoms with Gasteiger partial charge in [0.05, 0.1) is 11.0 Å². The highest BCUT2D eigenvalue weighted by Gasteiger charge is 2.23. The van der Waals surface area contributed by atoms with Crippen LogP contribution in [0.25, 0.3) is 22.2 Å². The molecule has 1 saturated heterocycles. The van der Waals surface area contributed by atoms with Crippen LogP contribution in [0.2, 0.25) is 0 Å². The van der Waals surface area contributed by atoms with Gasteiger partial charge in [-0.2, -0.15) is 0 Å². The van der Waals surface area contributed by atoms with Crippen LogP contribution in [0, 0.1) is 0 Å². The van der Waals surface area contributed by atoms with E-state index in [-0.39, 0.29) is 18.1 Å². The molecule has 5 rings (SSSR count). The molecule has 0 unspecified atom stereocenters. The van der Waals surface area contributed by atoms with Crippen LogP contribution in [0.1, 0.15) is 0 Å². The molecule has 6 nitrogen and oxygen atoms in total. The quantitative estimate of drug-likeness (QED) is 0.559. The highest BCUT2D eigenvalue weighted by atomic mass is 16.2. The van der Waals surface area contributed by atoms with Crippen LogP contribution >= 0.6 is 0 Å². The standard InChI is InChI=1S/C25H24N4O2/c30-24(18-29-23-13-7-5-11-21(23)26-25(29)31)28-16-14-27(15-17-28)22-12-6-4-10-20(22)19-8-2-1-3-9-19/h1-13H,14-18H2,(H,26,31). The van der Waals surface area contributed by atoms with E-state index in [2.05, 4.69) is 58.4 Å². The molecule has 3 aromatic carbocycles. The number of imidazole rings is 1. The minimum Gasteiger partial charge on any atom is -0.367 e. The zero-order chi connectivity index (χ0) is 21.2. The molecule has 2 heterocycles. The second-order valence-electron chi connectivity index (χ2n) is 7.78. The second kappa shape index (κ2) is 8.14. The van der Waals surface area contributed by atoms with Crippen LogP contribution in [-0.2, 0) is 11.3 Å². The SMILES string of the molecule is O=C(Cn1c(=O)[nH]c2ccccc21)N1CCN(c2ccccc2-c2ccccc2)CC1. The van der Waals surface area contributed by atoms with Gasteiger partial charge < -0.3 is 14.8 Å². The van der Waals surface area contributed by atoms with Crippen LogP contribution in [-0.4, -0.2) is 46.5 Å². The number of nitrogens with one attached hydrogen (secondary N) is 1. The third kappa shape index (κ3) is 3.72. The fourth-order valence-electron chi connectivity index (χ4n) is 4.31. The van der Waals surface area contributed by atoms with Crippen LogP contribution < -0.4 is 10.6 Å². The number of aromatic nitrogens is 2. The summed E-state index contributed by atoms with van der Waals surface area (Å²) in [4.78, 5) is 32.2. The van der Waals surface area contributed by atoms with E-state index < -0.39 is 0 Å². The topological polar surface area (TPSA) is 61.3 Å². The van der Waals surface area contributed by atoms with Gasteiger partial charge in [0.2, 0.25) is 5.91 Å². The highest BCUT2D eigenvalue weighted by molar-refractivity contribution is 5.81. The highest BCUT2D eigenvalue weighted by Crippen LogP contribution is 2.31. The van der Waals surface area contributed by atoms with E-state index in [9.17, 15) is 9.59 Å². The Kier molecular flexibility index (Phi) is 5.04. The van der Waals surface area contributed by atoms with Crippen LogP contribution in [0.3, 0.4) is 0 Å². The predicted octanol–water partition coefficient (Wildman–Crippen LogP) is 3.35. The molecule has 6 heteroatoms. The number of aromatic amines is 1. The molecule has 1 aromatic heterocycles. The zero-order valence-corrected chi connectivity index (χ0v) is 17.2. The summed E-state index contributed by atoms with van der Waals surface area (Å²) in [7, 11) is 0. The van der Waals surface area contributed by atoms with Crippen molar-refractivity contribution in [2.24, 2.45) is 0 Å². The lowest BCUT2D eigenvalue weighted by Gasteiger charge is -2.37. The molecule has 0 saturated carbocycles. The van der Waals surface area contributed by atoms with Crippen molar-refractivity contribution in [2.75, 3.05) is 31.1 Å². The smallest absolute Gasteiger partial charge is 0.326 e. The molecular formula is C25H24N4O2. The van der Waals surface area contributed by atoms with E-state index in [1.165, 1.54) is 21.4 Å². The van der Waals surface area contributed by atoms with Crippen molar-refractivity contribution in [3.05, 3.63) is 89.3 Å². The molecule has 0 atom stereocenters. The number of para-hydroxylation sites is 3. The Balaban J connectivity index is 1.30. The summed E-state index contributed by atoms with van der Waals surface area (Å²) < 4.78 is 1.52. The minimum absolute atomic E-state index is 0.0251. The van der Waals surface area contributed by atoms with Crippen molar-refractivity contribution in [2.45, 2.75) is 6.54 Å². The van der Waals surface area contributed by atoms with Gasteiger partial charge >= 0.3 is 5.69 Å². The van der Waals surface area contributed by atoms with Crippen LogP contribution in [0.5, 0.6) is 0 Å². The number of piperazine rings is 1. The maximum absolute atomic E-state index is 12.9. The van der Waals surface area contributed by atoms with E-state index in [1.54, 1.807) is 0 Å². The molecule has 1 N–H and O–H groups in total. The second-order valence-corrected chi connectivity index (χ2v) is 7.78. The average Bonchev–Trinajstić information content (AvgIpc) is 3.14. The molecule has 1 amide bonds. The predicted molar refractivity (Wildman–Crippen MR) is 123 cm³/mol. The summed E-state index contributed by atoms with van der Waals surface area (Å²) in [5, 5.41) is 0. The first kappa shape index (κ1) is 19.2. The molecule has 31 heavy (non-hydrogen) atoms. The van der Waals surface area contributed by atoms with E-state index in [1.807, 2.05) is 35.2 Å². The van der Waals surface area contributed by atoms with Crippen molar-refractivity contribution in [1.82, 2.24) is 14.5 Å². The molecule has 156 valence electrons. The summed E-state index contributed by atoms with van der Waals surface area (Å²) in [6.45, 7) is 2.86. The summed E-state index contributed by atoms with van der Waals surface area (Å²) in [5.41, 5.74) is 4.85. The Bertz CT molecular complexity index is 1270. The Morgan fingerprint density at radius 1 is 0.806 bits per heavy atom. The van der Waals surface area contributed by atoms with E-state index in [0.29, 0.717) is 13.1 Å². The molecular weight excluding hydrogens is 388 g/mol. The van der Waals surface area contributed by atoms with E-state index in [0.717, 1.165) is 24.1 Å². The number of H-pyrrole nitrogens is 1. The maximum atomic E-state index is 12.9. The fraction of sp³-hybridized carbons (Fsp3) is 0.200. The Morgan fingerprint density at radius 3 is 2.29 bits per heavy atom. The zero-order valence-electron chi connectivity index (χ0n) is 17.2. The lowest BCUT2D eigenvalue weighted by molar-refractivity contribution is -0.132. The molecule has 0 radical (unpaired) electrons. The van der Waals surface area contributed by atoms with Crippen molar-refractivity contribution in [3.8, 4) is 11.1 Å². The van der Waals surface area contributed by atoms with Crippen LogP contribution in [0.4, 0.5) is 5.69 Å². The fourth-order valence-corrected chi connectivity index (χ4v) is 4.31. The molecule has 0 bridgehead atoms. The van der Waals surface area contributed by atoms with Crippen molar-refractivity contribution >= 4 is 22.6 Å². The van der Waals surface area contributed by atoms with Gasteiger partial charge in [-0.1, -0.05) is 60.7 Å². The van der Waals surface area contributed by atoms with Gasteiger partial charge in [-0.3, -0.25) is 9.36 Å². The van der Waals surface area contributed by atoms with Gasteiger partial charge in [0, 0.05) is 37.4 Å². The molecule has 1 fully saturated rings. The number of hydrogen-bond acceptors (Lipinski definition) is 3. The van der Waals surface area contributed by atoms with Gasteiger partial charge in [-0.05, 0) is 23.8 Å². The van der Waals surface area contributed by atoms with Crippen molar-refractivity contribution < 1.29 is 4.79 Å². The largest absolute Gasteiger partial charge is 0.367 e. The Hall–Kier alpha value is -3.80. The number of fused-ring (bicyclic) bond motifs is 1. The van der Waals surface area contributed by atoms with Gasteiger partial charge in [0.1, 0.15) is 6.54 Å². The van der Waals surface area contributed by atoms with Gasteiger partial charge in [0.25, 0.3) is 0 Å².